The Kier molecular flexibility index (Phi) is 5.18. The summed E-state index contributed by atoms with van der Waals surface area (Å²) in [7, 11) is 1.86. The van der Waals surface area contributed by atoms with Crippen LogP contribution in [0.15, 0.2) is 29.4 Å². The van der Waals surface area contributed by atoms with Gasteiger partial charge in [-0.3, -0.25) is 4.79 Å². The highest BCUT2D eigenvalue weighted by molar-refractivity contribution is 8.00. The average molecular weight is 322 g/mol. The van der Waals surface area contributed by atoms with Crippen molar-refractivity contribution in [2.75, 3.05) is 0 Å². The van der Waals surface area contributed by atoms with Crippen LogP contribution < -0.4 is 5.32 Å². The molecule has 1 aromatic carbocycles. The highest BCUT2D eigenvalue weighted by Crippen LogP contribution is 2.22. The molecule has 118 valence electrons. The van der Waals surface area contributed by atoms with E-state index in [1.165, 1.54) is 23.9 Å². The van der Waals surface area contributed by atoms with Crippen LogP contribution in [0.4, 0.5) is 4.39 Å². The first-order chi connectivity index (χ1) is 10.4. The maximum atomic E-state index is 12.9. The van der Waals surface area contributed by atoms with Gasteiger partial charge in [0.25, 0.3) is 0 Å². The van der Waals surface area contributed by atoms with E-state index in [0.29, 0.717) is 5.16 Å². The van der Waals surface area contributed by atoms with Crippen molar-refractivity contribution in [1.82, 2.24) is 20.1 Å². The number of carbonyl (C=O) groups is 1. The van der Waals surface area contributed by atoms with E-state index in [4.69, 9.17) is 0 Å². The number of nitrogens with one attached hydrogen (secondary N) is 1. The summed E-state index contributed by atoms with van der Waals surface area (Å²) in [5, 5.41) is 11.3. The van der Waals surface area contributed by atoms with Crippen molar-refractivity contribution in [2.45, 2.75) is 37.2 Å². The molecule has 7 heteroatoms. The van der Waals surface area contributed by atoms with Gasteiger partial charge in [0.1, 0.15) is 11.6 Å². The van der Waals surface area contributed by atoms with Gasteiger partial charge in [0.2, 0.25) is 5.91 Å². The van der Waals surface area contributed by atoms with Crippen LogP contribution in [-0.4, -0.2) is 25.9 Å². The number of carbonyl (C=O) groups excluding carboxylic acids is 1. The summed E-state index contributed by atoms with van der Waals surface area (Å²) < 4.78 is 14.8. The number of aryl methyl sites for hydroxylation is 1. The lowest BCUT2D eigenvalue weighted by Crippen LogP contribution is -2.33. The zero-order chi connectivity index (χ0) is 16.3. The first-order valence-electron chi connectivity index (χ1n) is 6.97. The SMILES string of the molecule is Cc1nnc(S[C@H](C)C(=O)N[C@@H](C)c2ccc(F)cc2)n1C. The second kappa shape index (κ2) is 6.91. The Morgan fingerprint density at radius 2 is 1.91 bits per heavy atom. The summed E-state index contributed by atoms with van der Waals surface area (Å²) >= 11 is 1.36. The average Bonchev–Trinajstić information content (AvgIpc) is 2.79. The smallest absolute Gasteiger partial charge is 0.233 e. The van der Waals surface area contributed by atoms with Crippen LogP contribution >= 0.6 is 11.8 Å². The van der Waals surface area contributed by atoms with Crippen molar-refractivity contribution in [2.24, 2.45) is 7.05 Å². The highest BCUT2D eigenvalue weighted by Gasteiger charge is 2.20. The minimum Gasteiger partial charge on any atom is -0.349 e. The quantitative estimate of drug-likeness (QED) is 0.860. The van der Waals surface area contributed by atoms with Gasteiger partial charge in [0, 0.05) is 7.05 Å². The first kappa shape index (κ1) is 16.5. The molecule has 1 aromatic heterocycles. The van der Waals surface area contributed by atoms with Crippen LogP contribution in [0.5, 0.6) is 0 Å². The second-order valence-corrected chi connectivity index (χ2v) is 6.44. The van der Waals surface area contributed by atoms with Crippen LogP contribution in [0.1, 0.15) is 31.3 Å². The van der Waals surface area contributed by atoms with Crippen molar-refractivity contribution in [3.05, 3.63) is 41.5 Å². The van der Waals surface area contributed by atoms with Gasteiger partial charge in [0.15, 0.2) is 5.16 Å². The van der Waals surface area contributed by atoms with Crippen molar-refractivity contribution >= 4 is 17.7 Å². The number of rotatable bonds is 5. The molecule has 2 atom stereocenters. The molecule has 0 aliphatic heterocycles. The molecule has 0 radical (unpaired) electrons. The minimum atomic E-state index is -0.301. The van der Waals surface area contributed by atoms with Crippen LogP contribution in [0.3, 0.4) is 0 Å². The lowest BCUT2D eigenvalue weighted by molar-refractivity contribution is -0.120. The largest absolute Gasteiger partial charge is 0.349 e. The topological polar surface area (TPSA) is 59.8 Å². The predicted molar refractivity (Wildman–Crippen MR) is 84.0 cm³/mol. The number of nitrogens with zero attached hydrogens (tertiary/aromatic N) is 3. The number of amides is 1. The van der Waals surface area contributed by atoms with Gasteiger partial charge in [-0.25, -0.2) is 4.39 Å². The third-order valence-electron chi connectivity index (χ3n) is 3.43. The van der Waals surface area contributed by atoms with Crippen LogP contribution in [0, 0.1) is 12.7 Å². The van der Waals surface area contributed by atoms with Gasteiger partial charge < -0.3 is 9.88 Å². The zero-order valence-electron chi connectivity index (χ0n) is 13.0. The fourth-order valence-electron chi connectivity index (χ4n) is 1.87. The molecular weight excluding hydrogens is 303 g/mol. The molecule has 0 aliphatic rings. The van der Waals surface area contributed by atoms with Gasteiger partial charge in [-0.05, 0) is 38.5 Å². The standard InChI is InChI=1S/C15H19FN4OS/c1-9(12-5-7-13(16)8-6-12)17-14(21)10(2)22-15-19-18-11(3)20(15)4/h5-10H,1-4H3,(H,17,21)/t9-,10+/m0/s1. The fourth-order valence-corrected chi connectivity index (χ4v) is 2.74. The molecule has 0 unspecified atom stereocenters. The number of hydrogen-bond acceptors (Lipinski definition) is 4. The number of halogens is 1. The molecule has 0 bridgehead atoms. The van der Waals surface area contributed by atoms with E-state index in [2.05, 4.69) is 15.5 Å². The van der Waals surface area contributed by atoms with E-state index in [0.717, 1.165) is 11.4 Å². The van der Waals surface area contributed by atoms with Crippen molar-refractivity contribution < 1.29 is 9.18 Å². The van der Waals surface area contributed by atoms with Crippen molar-refractivity contribution in [3.8, 4) is 0 Å². The lowest BCUT2D eigenvalue weighted by Gasteiger charge is -2.17. The molecule has 1 heterocycles. The third-order valence-corrected chi connectivity index (χ3v) is 4.57. The summed E-state index contributed by atoms with van der Waals surface area (Å²) in [6.45, 7) is 5.55. The van der Waals surface area contributed by atoms with E-state index in [-0.39, 0.29) is 23.0 Å². The maximum Gasteiger partial charge on any atom is 0.233 e. The van der Waals surface area contributed by atoms with Crippen LogP contribution in [0.25, 0.3) is 0 Å². The van der Waals surface area contributed by atoms with Gasteiger partial charge in [-0.2, -0.15) is 0 Å². The maximum absolute atomic E-state index is 12.9. The molecule has 2 aromatic rings. The van der Waals surface area contributed by atoms with Crippen LogP contribution in [-0.2, 0) is 11.8 Å². The Hall–Kier alpha value is -1.89. The monoisotopic (exact) mass is 322 g/mol. The summed E-state index contributed by atoms with van der Waals surface area (Å²) in [6, 6.07) is 5.93. The van der Waals surface area contributed by atoms with Gasteiger partial charge in [-0.15, -0.1) is 10.2 Å². The Morgan fingerprint density at radius 1 is 1.27 bits per heavy atom. The van der Waals surface area contributed by atoms with Crippen molar-refractivity contribution in [3.63, 3.8) is 0 Å². The molecule has 0 saturated carbocycles. The number of benzene rings is 1. The number of hydrogen-bond donors (Lipinski definition) is 1. The first-order valence-corrected chi connectivity index (χ1v) is 7.85. The molecule has 2 rings (SSSR count). The Labute approximate surface area is 133 Å². The molecule has 1 amide bonds. The number of aromatic nitrogens is 3. The Morgan fingerprint density at radius 3 is 2.45 bits per heavy atom. The fraction of sp³-hybridized carbons (Fsp3) is 0.400. The predicted octanol–water partition coefficient (Wildman–Crippen LogP) is 2.62. The van der Waals surface area contributed by atoms with E-state index >= 15 is 0 Å². The van der Waals surface area contributed by atoms with Gasteiger partial charge in [0.05, 0.1) is 11.3 Å². The van der Waals surface area contributed by atoms with E-state index in [9.17, 15) is 9.18 Å². The summed E-state index contributed by atoms with van der Waals surface area (Å²) in [6.07, 6.45) is 0. The van der Waals surface area contributed by atoms with Gasteiger partial charge in [-0.1, -0.05) is 23.9 Å². The van der Waals surface area contributed by atoms with Gasteiger partial charge >= 0.3 is 0 Å². The summed E-state index contributed by atoms with van der Waals surface area (Å²) in [4.78, 5) is 12.3. The van der Waals surface area contributed by atoms with E-state index in [1.54, 1.807) is 12.1 Å². The normalized spacial score (nSPS) is 13.7. The Balaban J connectivity index is 1.96. The Bertz CT molecular complexity index is 656. The molecular formula is C15H19FN4OS. The second-order valence-electron chi connectivity index (χ2n) is 5.13. The molecule has 22 heavy (non-hydrogen) atoms. The molecule has 0 saturated heterocycles. The minimum absolute atomic E-state index is 0.0949. The van der Waals surface area contributed by atoms with Crippen molar-refractivity contribution in [1.29, 1.82) is 0 Å². The summed E-state index contributed by atoms with van der Waals surface area (Å²) in [5.74, 6) is 0.418. The lowest BCUT2D eigenvalue weighted by atomic mass is 10.1. The molecule has 1 N–H and O–H groups in total. The molecule has 0 fully saturated rings. The number of thioether (sulfide) groups is 1. The molecule has 5 nitrogen and oxygen atoms in total. The zero-order valence-corrected chi connectivity index (χ0v) is 13.8. The summed E-state index contributed by atoms with van der Waals surface area (Å²) in [5.41, 5.74) is 0.862. The highest BCUT2D eigenvalue weighted by atomic mass is 32.2. The van der Waals surface area contributed by atoms with Crippen LogP contribution in [0.2, 0.25) is 0 Å². The van der Waals surface area contributed by atoms with E-state index in [1.807, 2.05) is 32.4 Å². The third kappa shape index (κ3) is 3.85. The van der Waals surface area contributed by atoms with E-state index < -0.39 is 0 Å². The molecule has 0 aliphatic carbocycles. The molecule has 0 spiro atoms.